The number of hydrogen-bond acceptors (Lipinski definition) is 11. The number of rotatable bonds is 15. The van der Waals surface area contributed by atoms with Crippen molar-refractivity contribution in [3.05, 3.63) is 100 Å². The van der Waals surface area contributed by atoms with Crippen LogP contribution in [-0.2, 0) is 34.4 Å². The summed E-state index contributed by atoms with van der Waals surface area (Å²) in [6.45, 7) is 13.0. The molecule has 0 aliphatic heterocycles. The second-order valence-electron chi connectivity index (χ2n) is 13.0. The van der Waals surface area contributed by atoms with Gasteiger partial charge in [0.15, 0.2) is 0 Å². The lowest BCUT2D eigenvalue weighted by Gasteiger charge is -2.41. The highest BCUT2D eigenvalue weighted by Gasteiger charge is 2.42. The number of benzene rings is 3. The van der Waals surface area contributed by atoms with Gasteiger partial charge in [-0.1, -0.05) is 53.6 Å². The van der Waals surface area contributed by atoms with Crippen LogP contribution < -0.4 is 4.74 Å². The van der Waals surface area contributed by atoms with Gasteiger partial charge in [-0.25, -0.2) is 9.80 Å². The number of amides is 3. The molecule has 0 fully saturated rings. The minimum absolute atomic E-state index is 0.0837. The molecule has 282 valence electrons. The summed E-state index contributed by atoms with van der Waals surface area (Å²) in [6.07, 6.45) is -1.46. The molecule has 14 heteroatoms. The number of imide groups is 1. The standard InChI is InChI=1S/C38H50N3O10P/c1-10-50-52(46,51-11-2)25-39(23-30-16-13-12-14-17-30)24-34(42)48-26-49-37(45)40(36(44)32-18-15-19-33(47-9)29(32)5)41(38(6,7)8)35(43)31-21-27(3)20-28(4)22-31/h12-22H,10-11,23-26H2,1-9H3. The molecule has 0 N–H and O–H groups in total. The number of carbonyl (C=O) groups is 4. The molecule has 13 nitrogen and oxygen atoms in total. The van der Waals surface area contributed by atoms with Gasteiger partial charge in [-0.3, -0.25) is 23.8 Å². The van der Waals surface area contributed by atoms with E-state index in [2.05, 4.69) is 0 Å². The highest BCUT2D eigenvalue weighted by molar-refractivity contribution is 7.53. The van der Waals surface area contributed by atoms with Crippen LogP contribution in [0.4, 0.5) is 4.79 Å². The molecule has 0 spiro atoms. The predicted octanol–water partition coefficient (Wildman–Crippen LogP) is 7.28. The smallest absolute Gasteiger partial charge is 0.439 e. The minimum atomic E-state index is -3.60. The molecule has 0 aromatic heterocycles. The van der Waals surface area contributed by atoms with Crippen LogP contribution in [-0.4, -0.2) is 84.3 Å². The summed E-state index contributed by atoms with van der Waals surface area (Å²) in [5.74, 6) is -1.91. The van der Waals surface area contributed by atoms with Gasteiger partial charge in [0.2, 0.25) is 6.79 Å². The summed E-state index contributed by atoms with van der Waals surface area (Å²) in [4.78, 5) is 57.1. The lowest BCUT2D eigenvalue weighted by atomic mass is 10.0. The molecule has 3 amide bonds. The first-order valence-corrected chi connectivity index (χ1v) is 18.6. The van der Waals surface area contributed by atoms with Crippen LogP contribution in [0.5, 0.6) is 5.75 Å². The van der Waals surface area contributed by atoms with Gasteiger partial charge in [0.05, 0.1) is 32.4 Å². The average molecular weight is 740 g/mol. The second kappa shape index (κ2) is 18.8. The van der Waals surface area contributed by atoms with E-state index in [4.69, 9.17) is 23.3 Å². The van der Waals surface area contributed by atoms with E-state index in [9.17, 15) is 23.7 Å². The molecule has 0 aliphatic rings. The Morgan fingerprint density at radius 1 is 0.788 bits per heavy atom. The van der Waals surface area contributed by atoms with E-state index in [-0.39, 0.29) is 43.7 Å². The lowest BCUT2D eigenvalue weighted by molar-refractivity contribution is -0.154. The number of carbonyl (C=O) groups excluding carboxylic acids is 4. The monoisotopic (exact) mass is 739 g/mol. The van der Waals surface area contributed by atoms with E-state index in [0.717, 1.165) is 21.7 Å². The molecule has 3 rings (SSSR count). The van der Waals surface area contributed by atoms with Gasteiger partial charge in [0, 0.05) is 23.2 Å². The molecule has 0 heterocycles. The fraction of sp³-hybridized carbons (Fsp3) is 0.421. The van der Waals surface area contributed by atoms with Crippen LogP contribution in [0.25, 0.3) is 0 Å². The van der Waals surface area contributed by atoms with E-state index >= 15 is 0 Å². The van der Waals surface area contributed by atoms with Crippen molar-refractivity contribution in [1.82, 2.24) is 14.9 Å². The molecule has 0 saturated carbocycles. The summed E-state index contributed by atoms with van der Waals surface area (Å²) >= 11 is 0. The van der Waals surface area contributed by atoms with Crippen molar-refractivity contribution < 1.29 is 47.0 Å². The molecule has 0 saturated heterocycles. The van der Waals surface area contributed by atoms with E-state index in [1.165, 1.54) is 13.2 Å². The maximum Gasteiger partial charge on any atom is 0.439 e. The molecule has 52 heavy (non-hydrogen) atoms. The maximum absolute atomic E-state index is 14.3. The molecule has 3 aromatic rings. The van der Waals surface area contributed by atoms with Crippen molar-refractivity contribution in [1.29, 1.82) is 0 Å². The fourth-order valence-corrected chi connectivity index (χ4v) is 7.26. The fourth-order valence-electron chi connectivity index (χ4n) is 5.54. The zero-order valence-corrected chi connectivity index (χ0v) is 32.4. The highest BCUT2D eigenvalue weighted by Crippen LogP contribution is 2.48. The maximum atomic E-state index is 14.3. The molecular formula is C38H50N3O10P. The topological polar surface area (TPSA) is 141 Å². The third-order valence-electron chi connectivity index (χ3n) is 7.62. The van der Waals surface area contributed by atoms with E-state index in [1.54, 1.807) is 70.7 Å². The number of methoxy groups -OCH3 is 1. The Hall–Kier alpha value is -4.55. The predicted molar refractivity (Wildman–Crippen MR) is 196 cm³/mol. The summed E-state index contributed by atoms with van der Waals surface area (Å²) in [5.41, 5.74) is 2.10. The number of ether oxygens (including phenoxy) is 3. The third-order valence-corrected chi connectivity index (χ3v) is 9.67. The first-order chi connectivity index (χ1) is 24.5. The zero-order chi connectivity index (χ0) is 38.6. The van der Waals surface area contributed by atoms with Gasteiger partial charge in [0.25, 0.3) is 11.8 Å². The Morgan fingerprint density at radius 2 is 1.40 bits per heavy atom. The number of esters is 1. The van der Waals surface area contributed by atoms with Crippen LogP contribution in [0.1, 0.15) is 77.6 Å². The van der Waals surface area contributed by atoms with Crippen molar-refractivity contribution in [2.75, 3.05) is 39.9 Å². The largest absolute Gasteiger partial charge is 0.496 e. The summed E-state index contributed by atoms with van der Waals surface area (Å²) in [5, 5.41) is 1.66. The van der Waals surface area contributed by atoms with Gasteiger partial charge in [-0.15, -0.1) is 5.01 Å². The van der Waals surface area contributed by atoms with Crippen LogP contribution in [0.3, 0.4) is 0 Å². The summed E-state index contributed by atoms with van der Waals surface area (Å²) in [7, 11) is -2.15. The van der Waals surface area contributed by atoms with Crippen molar-refractivity contribution in [2.45, 2.75) is 67.5 Å². The Morgan fingerprint density at radius 3 is 1.96 bits per heavy atom. The Labute approximate surface area is 306 Å². The van der Waals surface area contributed by atoms with Crippen LogP contribution >= 0.6 is 7.60 Å². The molecular weight excluding hydrogens is 689 g/mol. The summed E-state index contributed by atoms with van der Waals surface area (Å²) < 4.78 is 40.3. The van der Waals surface area contributed by atoms with Crippen molar-refractivity contribution >= 4 is 31.5 Å². The average Bonchev–Trinajstić information content (AvgIpc) is 3.06. The van der Waals surface area contributed by atoms with Crippen LogP contribution in [0.15, 0.2) is 66.7 Å². The number of aryl methyl sites for hydroxylation is 2. The zero-order valence-electron chi connectivity index (χ0n) is 31.5. The van der Waals surface area contributed by atoms with Crippen LogP contribution in [0.2, 0.25) is 0 Å². The third kappa shape index (κ3) is 11.5. The molecule has 0 radical (unpaired) electrons. The van der Waals surface area contributed by atoms with Gasteiger partial charge < -0.3 is 23.3 Å². The SMILES string of the molecule is CCOP(=O)(CN(CC(=O)OCOC(=O)N(C(=O)c1cccc(OC)c1C)N(C(=O)c1cc(C)cc(C)c1)C(C)(C)C)Cc1ccccc1)OCC. The van der Waals surface area contributed by atoms with Gasteiger partial charge in [-0.05, 0) is 85.2 Å². The first-order valence-electron chi connectivity index (χ1n) is 16.9. The van der Waals surface area contributed by atoms with Crippen molar-refractivity contribution in [2.24, 2.45) is 0 Å². The Bertz CT molecular complexity index is 1730. The molecule has 0 aliphatic carbocycles. The van der Waals surface area contributed by atoms with Crippen LogP contribution in [0, 0.1) is 20.8 Å². The number of nitrogens with zero attached hydrogens (tertiary/aromatic N) is 3. The highest BCUT2D eigenvalue weighted by atomic mass is 31.2. The normalized spacial score (nSPS) is 11.6. The first kappa shape index (κ1) is 41.9. The summed E-state index contributed by atoms with van der Waals surface area (Å²) in [6, 6.07) is 19.2. The van der Waals surface area contributed by atoms with E-state index in [1.807, 2.05) is 50.2 Å². The minimum Gasteiger partial charge on any atom is -0.496 e. The molecule has 0 atom stereocenters. The van der Waals surface area contributed by atoms with Gasteiger partial charge in [-0.2, -0.15) is 0 Å². The molecule has 0 bridgehead atoms. The molecule has 0 unspecified atom stereocenters. The van der Waals surface area contributed by atoms with Crippen molar-refractivity contribution in [3.8, 4) is 5.75 Å². The van der Waals surface area contributed by atoms with E-state index < -0.39 is 43.8 Å². The Kier molecular flexibility index (Phi) is 15.1. The number of hydrazine groups is 1. The van der Waals surface area contributed by atoms with E-state index in [0.29, 0.717) is 16.3 Å². The second-order valence-corrected chi connectivity index (χ2v) is 15.0. The van der Waals surface area contributed by atoms with Gasteiger partial charge in [0.1, 0.15) is 12.0 Å². The van der Waals surface area contributed by atoms with Gasteiger partial charge >= 0.3 is 19.7 Å². The molecule has 3 aromatic carbocycles. The quantitative estimate of drug-likeness (QED) is 0.0672. The number of hydrogen-bond donors (Lipinski definition) is 0. The van der Waals surface area contributed by atoms with Crippen molar-refractivity contribution in [3.63, 3.8) is 0 Å². The Balaban J connectivity index is 1.91. The lowest BCUT2D eigenvalue weighted by Crippen LogP contribution is -2.60.